The van der Waals surface area contributed by atoms with E-state index in [0.29, 0.717) is 30.8 Å². The predicted molar refractivity (Wildman–Crippen MR) is 95.6 cm³/mol. The molecule has 1 aromatic carbocycles. The van der Waals surface area contributed by atoms with E-state index in [9.17, 15) is 9.18 Å². The smallest absolute Gasteiger partial charge is 0.259 e. The van der Waals surface area contributed by atoms with E-state index < -0.39 is 5.82 Å². The van der Waals surface area contributed by atoms with Crippen molar-refractivity contribution in [3.8, 4) is 17.1 Å². The first-order chi connectivity index (χ1) is 13.1. The minimum Gasteiger partial charge on any atom is -0.494 e. The van der Waals surface area contributed by atoms with Crippen molar-refractivity contribution in [2.24, 2.45) is 0 Å². The third kappa shape index (κ3) is 3.52. The molecule has 7 nitrogen and oxygen atoms in total. The molecule has 2 aromatic heterocycles. The number of pyridine rings is 1. The van der Waals surface area contributed by atoms with Gasteiger partial charge in [0, 0.05) is 18.2 Å². The summed E-state index contributed by atoms with van der Waals surface area (Å²) < 4.78 is 29.0. The fourth-order valence-electron chi connectivity index (χ4n) is 2.85. The Balaban J connectivity index is 1.60. The minimum atomic E-state index is -0.439. The van der Waals surface area contributed by atoms with E-state index >= 15 is 0 Å². The maximum Gasteiger partial charge on any atom is 0.259 e. The summed E-state index contributed by atoms with van der Waals surface area (Å²) in [6, 6.07) is 6.19. The van der Waals surface area contributed by atoms with Crippen LogP contribution >= 0.6 is 0 Å². The molecule has 1 aliphatic rings. The number of H-pyrrole nitrogens is 1. The monoisotopic (exact) mass is 369 g/mol. The second kappa shape index (κ2) is 7.16. The zero-order valence-corrected chi connectivity index (χ0v) is 14.5. The lowest BCUT2D eigenvalue weighted by atomic mass is 10.1. The molecule has 0 amide bonds. The van der Waals surface area contributed by atoms with Crippen molar-refractivity contribution in [3.63, 3.8) is 0 Å². The number of benzene rings is 1. The Kier molecular flexibility index (Phi) is 4.55. The van der Waals surface area contributed by atoms with Crippen molar-refractivity contribution < 1.29 is 18.4 Å². The average Bonchev–Trinajstić information content (AvgIpc) is 3.15. The fraction of sp³-hybridized carbons (Fsp3) is 0.211. The van der Waals surface area contributed by atoms with Crippen LogP contribution in [0.5, 0.6) is 5.75 Å². The summed E-state index contributed by atoms with van der Waals surface area (Å²) >= 11 is 0. The first kappa shape index (κ1) is 17.2. The maximum atomic E-state index is 13.5. The van der Waals surface area contributed by atoms with Gasteiger partial charge in [-0.1, -0.05) is 11.2 Å². The summed E-state index contributed by atoms with van der Waals surface area (Å²) in [5, 5.41) is 3.87. The van der Waals surface area contributed by atoms with Crippen LogP contribution in [0, 0.1) is 5.82 Å². The van der Waals surface area contributed by atoms with Crippen molar-refractivity contribution in [3.05, 3.63) is 63.1 Å². The number of aromatic amines is 1. The molecule has 0 unspecified atom stereocenters. The topological polar surface area (TPSA) is 90.2 Å². The van der Waals surface area contributed by atoms with E-state index in [-0.39, 0.29) is 23.0 Å². The van der Waals surface area contributed by atoms with E-state index in [1.165, 1.54) is 13.2 Å². The van der Waals surface area contributed by atoms with Gasteiger partial charge in [-0.25, -0.2) is 4.39 Å². The molecular weight excluding hydrogens is 353 g/mol. The molecule has 4 rings (SSSR count). The summed E-state index contributed by atoms with van der Waals surface area (Å²) in [4.78, 5) is 19.4. The Hall–Kier alpha value is -3.26. The standard InChI is InChI=1S/C19H16FN3O4/c1-25-16-8-11(2-4-14(16)20)3-5-17-22-18(23-27-17)13-9-12-10-26-7-6-15(12)21-19(13)24/h2-5,8-9H,6-7,10H2,1H3,(H,21,24)/b5-3+. The number of ether oxygens (including phenoxy) is 2. The number of hydrogen-bond acceptors (Lipinski definition) is 6. The summed E-state index contributed by atoms with van der Waals surface area (Å²) in [5.74, 6) is 0.124. The van der Waals surface area contributed by atoms with Crippen LogP contribution < -0.4 is 10.3 Å². The fourth-order valence-corrected chi connectivity index (χ4v) is 2.85. The lowest BCUT2D eigenvalue weighted by molar-refractivity contribution is 0.109. The number of nitrogens with zero attached hydrogens (tertiary/aromatic N) is 2. The normalized spacial score (nSPS) is 13.7. The number of methoxy groups -OCH3 is 1. The molecule has 138 valence electrons. The molecular formula is C19H16FN3O4. The number of halogens is 1. The molecule has 0 bridgehead atoms. The Morgan fingerprint density at radius 3 is 3.04 bits per heavy atom. The first-order valence-electron chi connectivity index (χ1n) is 8.32. The average molecular weight is 369 g/mol. The van der Waals surface area contributed by atoms with Gasteiger partial charge in [0.25, 0.3) is 11.4 Å². The molecule has 1 N–H and O–H groups in total. The SMILES string of the molecule is COc1cc(/C=C/c2nc(-c3cc4c([nH]c3=O)CCOC4)no2)ccc1F. The van der Waals surface area contributed by atoms with Crippen LogP contribution in [0.3, 0.4) is 0 Å². The molecule has 0 radical (unpaired) electrons. The van der Waals surface area contributed by atoms with Gasteiger partial charge in [0.15, 0.2) is 11.6 Å². The highest BCUT2D eigenvalue weighted by molar-refractivity contribution is 5.67. The van der Waals surface area contributed by atoms with Gasteiger partial charge in [0.05, 0.1) is 25.9 Å². The van der Waals surface area contributed by atoms with E-state index in [4.69, 9.17) is 14.0 Å². The lowest BCUT2D eigenvalue weighted by Gasteiger charge is -2.15. The van der Waals surface area contributed by atoms with Crippen molar-refractivity contribution in [2.45, 2.75) is 13.0 Å². The van der Waals surface area contributed by atoms with E-state index in [1.807, 2.05) is 0 Å². The maximum absolute atomic E-state index is 13.5. The number of fused-ring (bicyclic) bond motifs is 1. The lowest BCUT2D eigenvalue weighted by Crippen LogP contribution is -2.19. The molecule has 27 heavy (non-hydrogen) atoms. The second-order valence-electron chi connectivity index (χ2n) is 6.00. The third-order valence-corrected chi connectivity index (χ3v) is 4.25. The van der Waals surface area contributed by atoms with Crippen molar-refractivity contribution in [2.75, 3.05) is 13.7 Å². The van der Waals surface area contributed by atoms with Gasteiger partial charge >= 0.3 is 0 Å². The van der Waals surface area contributed by atoms with Crippen LogP contribution in [-0.4, -0.2) is 28.8 Å². The van der Waals surface area contributed by atoms with Crippen LogP contribution in [0.15, 0.2) is 33.6 Å². The summed E-state index contributed by atoms with van der Waals surface area (Å²) in [7, 11) is 1.40. The van der Waals surface area contributed by atoms with Gasteiger partial charge in [-0.3, -0.25) is 4.79 Å². The van der Waals surface area contributed by atoms with E-state index in [2.05, 4.69) is 15.1 Å². The molecule has 0 saturated heterocycles. The molecule has 0 aliphatic carbocycles. The van der Waals surface area contributed by atoms with Gasteiger partial charge in [-0.2, -0.15) is 4.98 Å². The summed E-state index contributed by atoms with van der Waals surface area (Å²) in [6.07, 6.45) is 3.94. The van der Waals surface area contributed by atoms with Crippen LogP contribution in [-0.2, 0) is 17.8 Å². The largest absolute Gasteiger partial charge is 0.494 e. The van der Waals surface area contributed by atoms with Crippen LogP contribution in [0.25, 0.3) is 23.5 Å². The Labute approximate surface area is 153 Å². The zero-order valence-electron chi connectivity index (χ0n) is 14.5. The van der Waals surface area contributed by atoms with Gasteiger partial charge in [0.2, 0.25) is 5.82 Å². The van der Waals surface area contributed by atoms with Gasteiger partial charge < -0.3 is 19.0 Å². The summed E-state index contributed by atoms with van der Waals surface area (Å²) in [6.45, 7) is 1.03. The molecule has 0 spiro atoms. The van der Waals surface area contributed by atoms with Crippen LogP contribution in [0.2, 0.25) is 0 Å². The molecule has 1 aliphatic heterocycles. The highest BCUT2D eigenvalue weighted by Crippen LogP contribution is 2.21. The van der Waals surface area contributed by atoms with Gasteiger partial charge in [-0.15, -0.1) is 0 Å². The van der Waals surface area contributed by atoms with Crippen molar-refractivity contribution in [1.29, 1.82) is 0 Å². The van der Waals surface area contributed by atoms with Gasteiger partial charge in [-0.05, 0) is 35.4 Å². The Morgan fingerprint density at radius 1 is 1.30 bits per heavy atom. The molecule has 0 fully saturated rings. The summed E-state index contributed by atoms with van der Waals surface area (Å²) in [5.41, 5.74) is 2.55. The second-order valence-corrected chi connectivity index (χ2v) is 6.00. The number of hydrogen-bond donors (Lipinski definition) is 1. The molecule has 0 saturated carbocycles. The number of nitrogens with one attached hydrogen (secondary N) is 1. The van der Waals surface area contributed by atoms with Gasteiger partial charge in [0.1, 0.15) is 0 Å². The molecule has 8 heteroatoms. The first-order valence-corrected chi connectivity index (χ1v) is 8.32. The van der Waals surface area contributed by atoms with Crippen LogP contribution in [0.4, 0.5) is 4.39 Å². The van der Waals surface area contributed by atoms with Crippen molar-refractivity contribution in [1.82, 2.24) is 15.1 Å². The molecule has 3 aromatic rings. The number of rotatable bonds is 4. The Bertz CT molecular complexity index is 1070. The molecule has 3 heterocycles. The van der Waals surface area contributed by atoms with Crippen LogP contribution in [0.1, 0.15) is 22.7 Å². The van der Waals surface area contributed by atoms with E-state index in [1.54, 1.807) is 30.4 Å². The third-order valence-electron chi connectivity index (χ3n) is 4.25. The highest BCUT2D eigenvalue weighted by atomic mass is 19.1. The molecule has 0 atom stereocenters. The quantitative estimate of drug-likeness (QED) is 0.761. The highest BCUT2D eigenvalue weighted by Gasteiger charge is 2.17. The predicted octanol–water partition coefficient (Wildman–Crippen LogP) is 2.82. The Morgan fingerprint density at radius 2 is 2.19 bits per heavy atom. The van der Waals surface area contributed by atoms with Crippen molar-refractivity contribution >= 4 is 12.2 Å². The minimum absolute atomic E-state index is 0.145. The van der Waals surface area contributed by atoms with E-state index in [0.717, 1.165) is 11.3 Å². The number of aromatic nitrogens is 3. The zero-order chi connectivity index (χ0) is 18.8.